The first kappa shape index (κ1) is 11.6. The van der Waals surface area contributed by atoms with Crippen LogP contribution in [0.4, 0.5) is 0 Å². The molecule has 4 nitrogen and oxygen atoms in total. The Hall–Kier alpha value is 1.81. The number of hydrogen-bond donors (Lipinski definition) is 2. The van der Waals surface area contributed by atoms with E-state index in [-0.39, 0.29) is 51.4 Å². The fourth-order valence-electron chi connectivity index (χ4n) is 0. The van der Waals surface area contributed by atoms with E-state index < -0.39 is 7.82 Å². The molecule has 0 saturated carbocycles. The Labute approximate surface area is 84.7 Å². The van der Waals surface area contributed by atoms with Crippen molar-refractivity contribution in [2.24, 2.45) is 0 Å². The van der Waals surface area contributed by atoms with Crippen LogP contribution in [-0.2, 0) is 9.01 Å². The molecular formula is H5BKO4P. The predicted octanol–water partition coefficient (Wildman–Crippen LogP) is -2.00. The molecule has 0 aromatic carbocycles. The zero-order chi connectivity index (χ0) is 5.21. The molecule has 0 fully saturated rings. The molecule has 0 aromatic heterocycles. The van der Waals surface area contributed by atoms with Gasteiger partial charge in [-0.1, -0.05) is 0 Å². The minimum atomic E-state index is -4.15. The molecule has 0 spiro atoms. The van der Waals surface area contributed by atoms with Gasteiger partial charge in [-0.15, -0.1) is 0 Å². The summed E-state index contributed by atoms with van der Waals surface area (Å²) in [6.45, 7) is 0. The van der Waals surface area contributed by atoms with E-state index in [2.05, 4.69) is 4.44 Å². The normalized spacial score (nSPS) is 10.0. The van der Waals surface area contributed by atoms with Crippen molar-refractivity contribution < 1.29 is 18.8 Å². The standard InChI is InChI=1S/BH4O4P.K.H/c1-5-6(2,3)4;;/h1H2,(H2,2,3,4);;. The average molecular weight is 150 g/mol. The quantitative estimate of drug-likeness (QED) is 0.335. The Morgan fingerprint density at radius 1 is 1.57 bits per heavy atom. The molecule has 0 aliphatic carbocycles. The average Bonchev–Trinajstić information content (AvgIpc) is 1.35. The Morgan fingerprint density at radius 3 is 1.71 bits per heavy atom. The van der Waals surface area contributed by atoms with Gasteiger partial charge in [-0.2, -0.15) is 0 Å². The van der Waals surface area contributed by atoms with Crippen LogP contribution in [0, 0.1) is 0 Å². The van der Waals surface area contributed by atoms with E-state index >= 15 is 0 Å². The molecule has 0 saturated heterocycles. The zero-order valence-corrected chi connectivity index (χ0v) is 4.05. The van der Waals surface area contributed by atoms with Crippen molar-refractivity contribution in [1.29, 1.82) is 0 Å². The molecule has 0 heterocycles. The summed E-state index contributed by atoms with van der Waals surface area (Å²) >= 11 is 0. The van der Waals surface area contributed by atoms with E-state index in [0.29, 0.717) is 0 Å². The molecule has 0 radical (unpaired) electrons. The van der Waals surface area contributed by atoms with Crippen molar-refractivity contribution >= 4 is 67.3 Å². The summed E-state index contributed by atoms with van der Waals surface area (Å²) in [6.07, 6.45) is 0. The van der Waals surface area contributed by atoms with Gasteiger partial charge in [0.25, 0.3) is 8.05 Å². The van der Waals surface area contributed by atoms with Crippen molar-refractivity contribution in [3.05, 3.63) is 0 Å². The van der Waals surface area contributed by atoms with Gasteiger partial charge < -0.3 is 14.2 Å². The van der Waals surface area contributed by atoms with E-state index in [1.54, 1.807) is 0 Å². The molecule has 0 unspecified atom stereocenters. The zero-order valence-electron chi connectivity index (χ0n) is 3.16. The summed E-state index contributed by atoms with van der Waals surface area (Å²) in [5.74, 6) is 0. The topological polar surface area (TPSA) is 66.8 Å². The van der Waals surface area contributed by atoms with Crippen LogP contribution in [0.5, 0.6) is 0 Å². The molecule has 0 aliphatic rings. The predicted molar refractivity (Wildman–Crippen MR) is 28.8 cm³/mol. The Morgan fingerprint density at radius 2 is 1.71 bits per heavy atom. The van der Waals surface area contributed by atoms with Gasteiger partial charge in [0.2, 0.25) is 0 Å². The third-order valence-electron chi connectivity index (χ3n) is 0.238. The first-order valence-electron chi connectivity index (χ1n) is 1.17. The molecule has 38 valence electrons. The van der Waals surface area contributed by atoms with E-state index in [9.17, 15) is 4.57 Å². The summed E-state index contributed by atoms with van der Waals surface area (Å²) in [4.78, 5) is 15.4. The SMILES string of the molecule is BOP(=O)(O)O.[KH]. The fourth-order valence-corrected chi connectivity index (χ4v) is 0. The van der Waals surface area contributed by atoms with E-state index in [1.807, 2.05) is 0 Å². The summed E-state index contributed by atoms with van der Waals surface area (Å²) in [5, 5.41) is 0. The number of hydrogen-bond acceptors (Lipinski definition) is 2. The second-order valence-corrected chi connectivity index (χ2v) is 2.02. The number of phosphoric acid groups is 1. The van der Waals surface area contributed by atoms with Crippen LogP contribution in [-0.4, -0.2) is 69.2 Å². The van der Waals surface area contributed by atoms with Crippen molar-refractivity contribution in [1.82, 2.24) is 0 Å². The molecule has 0 aliphatic heterocycles. The van der Waals surface area contributed by atoms with Gasteiger partial charge in [-0.3, -0.25) is 0 Å². The van der Waals surface area contributed by atoms with E-state index in [4.69, 9.17) is 9.79 Å². The van der Waals surface area contributed by atoms with Gasteiger partial charge in [0, 0.05) is 0 Å². The Bertz CT molecular complexity index is 75.8. The first-order chi connectivity index (χ1) is 2.56. The maximum absolute atomic E-state index is 9.47. The Balaban J connectivity index is 0. The van der Waals surface area contributed by atoms with Crippen LogP contribution in [0.3, 0.4) is 0 Å². The third-order valence-corrected chi connectivity index (χ3v) is 0.714. The van der Waals surface area contributed by atoms with Crippen molar-refractivity contribution in [2.45, 2.75) is 0 Å². The van der Waals surface area contributed by atoms with Crippen molar-refractivity contribution in [3.63, 3.8) is 0 Å². The van der Waals surface area contributed by atoms with Gasteiger partial charge >= 0.3 is 59.2 Å². The second kappa shape index (κ2) is 4.67. The summed E-state index contributed by atoms with van der Waals surface area (Å²) in [7, 11) is -3.20. The maximum atomic E-state index is 9.47. The summed E-state index contributed by atoms with van der Waals surface area (Å²) in [6, 6.07) is 0. The molecule has 0 rings (SSSR count). The van der Waals surface area contributed by atoms with E-state index in [1.165, 1.54) is 0 Å². The molecule has 2 N–H and O–H groups in total. The Kier molecular flexibility index (Phi) is 7.73. The molecule has 0 amide bonds. The summed E-state index contributed by atoms with van der Waals surface area (Å²) < 4.78 is 13.1. The third kappa shape index (κ3) is 11.4. The fraction of sp³-hybridized carbons (Fsp3) is 0. The van der Waals surface area contributed by atoms with Gasteiger partial charge in [0.1, 0.15) is 0 Å². The molecule has 0 atom stereocenters. The summed E-state index contributed by atoms with van der Waals surface area (Å²) in [5.41, 5.74) is 0. The van der Waals surface area contributed by atoms with Gasteiger partial charge in [0.15, 0.2) is 0 Å². The number of rotatable bonds is 1. The van der Waals surface area contributed by atoms with Crippen molar-refractivity contribution in [3.8, 4) is 0 Å². The molecular weight excluding hydrogens is 145 g/mol. The van der Waals surface area contributed by atoms with Gasteiger partial charge in [0.05, 0.1) is 0 Å². The minimum absolute atomic E-state index is 0. The molecule has 0 bridgehead atoms. The second-order valence-electron chi connectivity index (χ2n) is 0.673. The van der Waals surface area contributed by atoms with Crippen LogP contribution in [0.15, 0.2) is 0 Å². The first-order valence-corrected chi connectivity index (χ1v) is 2.70. The van der Waals surface area contributed by atoms with Crippen LogP contribution < -0.4 is 0 Å². The van der Waals surface area contributed by atoms with Crippen LogP contribution >= 0.6 is 7.82 Å². The molecule has 7 heteroatoms. The van der Waals surface area contributed by atoms with E-state index in [0.717, 1.165) is 8.05 Å². The monoisotopic (exact) mass is 150 g/mol. The van der Waals surface area contributed by atoms with Gasteiger partial charge in [-0.05, 0) is 0 Å². The van der Waals surface area contributed by atoms with Gasteiger partial charge in [-0.25, -0.2) is 4.57 Å². The van der Waals surface area contributed by atoms with Crippen LogP contribution in [0.1, 0.15) is 0 Å². The molecule has 7 heavy (non-hydrogen) atoms. The van der Waals surface area contributed by atoms with Crippen molar-refractivity contribution in [2.75, 3.05) is 0 Å². The molecule has 0 aromatic rings. The van der Waals surface area contributed by atoms with Crippen LogP contribution in [0.2, 0.25) is 0 Å². The van der Waals surface area contributed by atoms with Crippen LogP contribution in [0.25, 0.3) is 0 Å².